The van der Waals surface area contributed by atoms with Crippen LogP contribution < -0.4 is 0 Å². The van der Waals surface area contributed by atoms with Crippen LogP contribution in [0.25, 0.3) is 21.5 Å². The van der Waals surface area contributed by atoms with Gasteiger partial charge in [0.1, 0.15) is 0 Å². The van der Waals surface area contributed by atoms with E-state index >= 15 is 0 Å². The van der Waals surface area contributed by atoms with Gasteiger partial charge in [-0.3, -0.25) is 0 Å². The zero-order chi connectivity index (χ0) is 11.1. The minimum absolute atomic E-state index is 1.32. The summed E-state index contributed by atoms with van der Waals surface area (Å²) in [4.78, 5) is 0. The molecule has 16 heavy (non-hydrogen) atoms. The molecule has 0 aromatic heterocycles. The summed E-state index contributed by atoms with van der Waals surface area (Å²) in [7, 11) is 0. The topological polar surface area (TPSA) is 0 Å². The van der Waals surface area contributed by atoms with E-state index in [-0.39, 0.29) is 0 Å². The van der Waals surface area contributed by atoms with Gasteiger partial charge in [-0.25, -0.2) is 0 Å². The van der Waals surface area contributed by atoms with Gasteiger partial charge in [-0.15, -0.1) is 0 Å². The monoisotopic (exact) mass is 206 g/mol. The predicted molar refractivity (Wildman–Crippen MR) is 70.9 cm³/mol. The van der Waals surface area contributed by atoms with Crippen molar-refractivity contribution in [3.05, 3.63) is 59.7 Å². The first-order chi connectivity index (χ1) is 7.75. The fourth-order valence-corrected chi connectivity index (χ4v) is 2.38. The largest absolute Gasteiger partial charge is 0.0613 e. The van der Waals surface area contributed by atoms with Crippen molar-refractivity contribution in [1.29, 1.82) is 0 Å². The maximum atomic E-state index is 2.25. The summed E-state index contributed by atoms with van der Waals surface area (Å²) in [5, 5.41) is 5.40. The molecule has 0 spiro atoms. The summed E-state index contributed by atoms with van der Waals surface area (Å²) in [5.41, 5.74) is 2.67. The molecule has 3 rings (SSSR count). The minimum atomic E-state index is 1.32. The number of hydrogen-bond acceptors (Lipinski definition) is 0. The molecule has 0 heterocycles. The van der Waals surface area contributed by atoms with Crippen molar-refractivity contribution in [2.24, 2.45) is 0 Å². The van der Waals surface area contributed by atoms with E-state index in [9.17, 15) is 0 Å². The summed E-state index contributed by atoms with van der Waals surface area (Å²) in [6, 6.07) is 17.6. The molecule has 0 saturated carbocycles. The van der Waals surface area contributed by atoms with Crippen molar-refractivity contribution in [2.75, 3.05) is 0 Å². The van der Waals surface area contributed by atoms with Crippen LogP contribution in [0.5, 0.6) is 0 Å². The van der Waals surface area contributed by atoms with E-state index in [1.54, 1.807) is 0 Å². The highest BCUT2D eigenvalue weighted by molar-refractivity contribution is 6.08. The van der Waals surface area contributed by atoms with Crippen molar-refractivity contribution in [3.63, 3.8) is 0 Å². The Bertz CT molecular complexity index is 678. The molecule has 0 bridgehead atoms. The summed E-state index contributed by atoms with van der Waals surface area (Å²) in [6.45, 7) is 4.31. The third kappa shape index (κ3) is 1.30. The molecule has 0 fully saturated rings. The fraction of sp³-hybridized carbons (Fsp3) is 0.125. The third-order valence-electron chi connectivity index (χ3n) is 3.25. The molecule has 0 amide bonds. The second-order valence-corrected chi connectivity index (χ2v) is 4.46. The Hall–Kier alpha value is -1.82. The van der Waals surface area contributed by atoms with Crippen LogP contribution in [-0.2, 0) is 0 Å². The molecule has 0 nitrogen and oxygen atoms in total. The maximum absolute atomic E-state index is 2.25. The molecular formula is C16H14. The molecule has 0 aliphatic heterocycles. The van der Waals surface area contributed by atoms with Gasteiger partial charge in [0.2, 0.25) is 0 Å². The second-order valence-electron chi connectivity index (χ2n) is 4.46. The normalized spacial score (nSPS) is 11.1. The summed E-state index contributed by atoms with van der Waals surface area (Å²) < 4.78 is 0. The van der Waals surface area contributed by atoms with Crippen LogP contribution in [0.1, 0.15) is 11.1 Å². The van der Waals surface area contributed by atoms with E-state index in [0.717, 1.165) is 0 Å². The van der Waals surface area contributed by atoms with Crippen molar-refractivity contribution in [1.82, 2.24) is 0 Å². The molecule has 0 aliphatic rings. The van der Waals surface area contributed by atoms with Gasteiger partial charge in [-0.05, 0) is 41.0 Å². The van der Waals surface area contributed by atoms with Gasteiger partial charge in [0, 0.05) is 0 Å². The molecule has 0 heteroatoms. The molecule has 0 unspecified atom stereocenters. The molecule has 3 aromatic rings. The average molecular weight is 206 g/mol. The van der Waals surface area contributed by atoms with E-state index < -0.39 is 0 Å². The lowest BCUT2D eigenvalue weighted by Gasteiger charge is -2.06. The van der Waals surface area contributed by atoms with Crippen LogP contribution in [0.2, 0.25) is 0 Å². The van der Waals surface area contributed by atoms with Crippen molar-refractivity contribution in [2.45, 2.75) is 13.8 Å². The van der Waals surface area contributed by atoms with Crippen LogP contribution in [0, 0.1) is 13.8 Å². The highest BCUT2D eigenvalue weighted by atomic mass is 14.1. The fourth-order valence-electron chi connectivity index (χ4n) is 2.38. The first-order valence-electron chi connectivity index (χ1n) is 5.64. The Morgan fingerprint density at radius 2 is 1.50 bits per heavy atom. The lowest BCUT2D eigenvalue weighted by molar-refractivity contribution is 1.50. The highest BCUT2D eigenvalue weighted by Gasteiger charge is 2.01. The van der Waals surface area contributed by atoms with Crippen molar-refractivity contribution < 1.29 is 0 Å². The molecule has 3 aromatic carbocycles. The highest BCUT2D eigenvalue weighted by Crippen LogP contribution is 2.27. The number of benzene rings is 3. The molecule has 0 aliphatic carbocycles. The molecule has 0 saturated heterocycles. The summed E-state index contributed by atoms with van der Waals surface area (Å²) >= 11 is 0. The van der Waals surface area contributed by atoms with Crippen LogP contribution in [0.3, 0.4) is 0 Å². The molecule has 0 atom stereocenters. The van der Waals surface area contributed by atoms with Gasteiger partial charge < -0.3 is 0 Å². The Balaban J connectivity index is 2.55. The van der Waals surface area contributed by atoms with Crippen LogP contribution in [-0.4, -0.2) is 0 Å². The lowest BCUT2D eigenvalue weighted by Crippen LogP contribution is -1.81. The Kier molecular flexibility index (Phi) is 1.97. The number of aryl methyl sites for hydroxylation is 2. The maximum Gasteiger partial charge on any atom is -0.0103 e. The van der Waals surface area contributed by atoms with E-state index in [4.69, 9.17) is 0 Å². The second kappa shape index (κ2) is 3.34. The summed E-state index contributed by atoms with van der Waals surface area (Å²) in [6.07, 6.45) is 0. The van der Waals surface area contributed by atoms with Crippen LogP contribution in [0.15, 0.2) is 48.5 Å². The van der Waals surface area contributed by atoms with Crippen molar-refractivity contribution >= 4 is 21.5 Å². The molecule has 78 valence electrons. The van der Waals surface area contributed by atoms with Gasteiger partial charge in [0.15, 0.2) is 0 Å². The summed E-state index contributed by atoms with van der Waals surface area (Å²) in [5.74, 6) is 0. The van der Waals surface area contributed by atoms with Gasteiger partial charge in [0.25, 0.3) is 0 Å². The van der Waals surface area contributed by atoms with Crippen molar-refractivity contribution in [3.8, 4) is 0 Å². The number of rotatable bonds is 0. The Labute approximate surface area is 95.5 Å². The standard InChI is InChI=1S/C16H14/c1-11-6-8-15-13(10-11)7-9-14-12(2)4-3-5-16(14)15/h3-10H,1-2H3. The zero-order valence-corrected chi connectivity index (χ0v) is 9.62. The third-order valence-corrected chi connectivity index (χ3v) is 3.25. The predicted octanol–water partition coefficient (Wildman–Crippen LogP) is 4.61. The van der Waals surface area contributed by atoms with E-state index in [0.29, 0.717) is 0 Å². The molecule has 0 radical (unpaired) electrons. The zero-order valence-electron chi connectivity index (χ0n) is 9.62. The SMILES string of the molecule is Cc1ccc2c(ccc3c(C)cccc32)c1. The molecule has 0 N–H and O–H groups in total. The number of hydrogen-bond donors (Lipinski definition) is 0. The smallest absolute Gasteiger partial charge is 0.0103 e. The van der Waals surface area contributed by atoms with E-state index in [1.807, 2.05) is 0 Å². The van der Waals surface area contributed by atoms with Gasteiger partial charge >= 0.3 is 0 Å². The van der Waals surface area contributed by atoms with E-state index in [2.05, 4.69) is 62.4 Å². The van der Waals surface area contributed by atoms with Crippen LogP contribution in [0.4, 0.5) is 0 Å². The average Bonchev–Trinajstić information content (AvgIpc) is 2.28. The molecular weight excluding hydrogens is 192 g/mol. The van der Waals surface area contributed by atoms with Gasteiger partial charge in [-0.2, -0.15) is 0 Å². The number of fused-ring (bicyclic) bond motifs is 3. The van der Waals surface area contributed by atoms with E-state index in [1.165, 1.54) is 32.7 Å². The minimum Gasteiger partial charge on any atom is -0.0613 e. The van der Waals surface area contributed by atoms with Gasteiger partial charge in [-0.1, -0.05) is 54.1 Å². The lowest BCUT2D eigenvalue weighted by atomic mass is 9.98. The first-order valence-corrected chi connectivity index (χ1v) is 5.64. The Morgan fingerprint density at radius 3 is 2.38 bits per heavy atom. The quantitative estimate of drug-likeness (QED) is 0.471. The van der Waals surface area contributed by atoms with Gasteiger partial charge in [0.05, 0.1) is 0 Å². The first kappa shape index (κ1) is 9.41. The van der Waals surface area contributed by atoms with Crippen LogP contribution >= 0.6 is 0 Å². The Morgan fingerprint density at radius 1 is 0.688 bits per heavy atom.